The van der Waals surface area contributed by atoms with Crippen LogP contribution in [0.25, 0.3) is 0 Å². The van der Waals surface area contributed by atoms with E-state index in [-0.39, 0.29) is 12.1 Å². The number of hydrogen-bond donors (Lipinski definition) is 1. The van der Waals surface area contributed by atoms with E-state index >= 15 is 0 Å². The largest absolute Gasteiger partial charge is 0.497 e. The van der Waals surface area contributed by atoms with Crippen LogP contribution in [0.1, 0.15) is 24.9 Å². The molecule has 2 atom stereocenters. The molecule has 1 N–H and O–H groups in total. The number of rotatable bonds is 6. The second kappa shape index (κ2) is 7.62. The maximum atomic E-state index is 5.98. The van der Waals surface area contributed by atoms with Crippen LogP contribution < -0.4 is 10.1 Å². The summed E-state index contributed by atoms with van der Waals surface area (Å²) in [5.41, 5.74) is 1.25. The maximum absolute atomic E-state index is 5.98. The Morgan fingerprint density at radius 3 is 2.75 bits per heavy atom. The summed E-state index contributed by atoms with van der Waals surface area (Å²) in [6.07, 6.45) is 1.40. The first-order valence-corrected chi connectivity index (χ1v) is 7.43. The van der Waals surface area contributed by atoms with Gasteiger partial charge in [-0.3, -0.25) is 4.90 Å². The Balaban J connectivity index is 2.06. The third kappa shape index (κ3) is 3.72. The summed E-state index contributed by atoms with van der Waals surface area (Å²) >= 11 is 0. The molecule has 4 nitrogen and oxygen atoms in total. The fraction of sp³-hybridized carbons (Fsp3) is 0.625. The van der Waals surface area contributed by atoms with Crippen molar-refractivity contribution < 1.29 is 9.47 Å². The van der Waals surface area contributed by atoms with Gasteiger partial charge in [0.25, 0.3) is 0 Å². The number of likely N-dealkylation sites (N-methyl/N-ethyl adjacent to an activating group) is 1. The van der Waals surface area contributed by atoms with Gasteiger partial charge in [-0.25, -0.2) is 0 Å². The molecule has 4 heteroatoms. The van der Waals surface area contributed by atoms with E-state index in [0.29, 0.717) is 0 Å². The minimum atomic E-state index is 0.202. The van der Waals surface area contributed by atoms with Crippen molar-refractivity contribution in [2.75, 3.05) is 40.4 Å². The van der Waals surface area contributed by atoms with Gasteiger partial charge in [0.2, 0.25) is 0 Å². The lowest BCUT2D eigenvalue weighted by Crippen LogP contribution is -2.47. The first-order chi connectivity index (χ1) is 9.78. The van der Waals surface area contributed by atoms with Crippen molar-refractivity contribution in [3.05, 3.63) is 29.8 Å². The molecule has 2 rings (SSSR count). The van der Waals surface area contributed by atoms with E-state index in [2.05, 4.69) is 29.3 Å². The Bertz CT molecular complexity index is 392. The number of nitrogens with one attached hydrogen (secondary N) is 1. The van der Waals surface area contributed by atoms with Gasteiger partial charge >= 0.3 is 0 Å². The second-order valence-corrected chi connectivity index (χ2v) is 5.25. The van der Waals surface area contributed by atoms with Gasteiger partial charge in [0.15, 0.2) is 0 Å². The molecular formula is C16H26N2O2. The number of benzene rings is 1. The standard InChI is InChI=1S/C16H26N2O2/c1-4-9-18-10-11-20-15(12-18)16(17-2)13-5-7-14(19-3)8-6-13/h5-8,15-17H,4,9-12H2,1-3H3. The van der Waals surface area contributed by atoms with E-state index in [1.54, 1.807) is 7.11 Å². The molecule has 1 aliphatic heterocycles. The fourth-order valence-corrected chi connectivity index (χ4v) is 2.83. The highest BCUT2D eigenvalue weighted by Crippen LogP contribution is 2.24. The Labute approximate surface area is 122 Å². The molecule has 20 heavy (non-hydrogen) atoms. The van der Waals surface area contributed by atoms with E-state index < -0.39 is 0 Å². The average molecular weight is 278 g/mol. The number of morpholine rings is 1. The molecule has 0 spiro atoms. The molecule has 0 aromatic heterocycles. The first kappa shape index (κ1) is 15.3. The number of hydrogen-bond acceptors (Lipinski definition) is 4. The van der Waals surface area contributed by atoms with Gasteiger partial charge in [0, 0.05) is 13.1 Å². The normalized spacial score (nSPS) is 21.6. The van der Waals surface area contributed by atoms with Gasteiger partial charge in [0.1, 0.15) is 5.75 Å². The second-order valence-electron chi connectivity index (χ2n) is 5.25. The lowest BCUT2D eigenvalue weighted by Gasteiger charge is -2.37. The zero-order chi connectivity index (χ0) is 14.4. The van der Waals surface area contributed by atoms with E-state index in [9.17, 15) is 0 Å². The highest BCUT2D eigenvalue weighted by molar-refractivity contribution is 5.29. The van der Waals surface area contributed by atoms with Crippen molar-refractivity contribution >= 4 is 0 Å². The molecule has 0 amide bonds. The number of ether oxygens (including phenoxy) is 2. The monoisotopic (exact) mass is 278 g/mol. The number of methoxy groups -OCH3 is 1. The molecule has 0 aliphatic carbocycles. The van der Waals surface area contributed by atoms with Crippen molar-refractivity contribution in [3.63, 3.8) is 0 Å². The van der Waals surface area contributed by atoms with Crippen LogP contribution in [0.5, 0.6) is 5.75 Å². The van der Waals surface area contributed by atoms with E-state index in [1.807, 2.05) is 19.2 Å². The smallest absolute Gasteiger partial charge is 0.118 e. The lowest BCUT2D eigenvalue weighted by molar-refractivity contribution is -0.0459. The summed E-state index contributed by atoms with van der Waals surface area (Å²) in [6, 6.07) is 8.46. The van der Waals surface area contributed by atoms with Crippen LogP contribution in [0.4, 0.5) is 0 Å². The molecule has 1 heterocycles. The van der Waals surface area contributed by atoms with Crippen LogP contribution >= 0.6 is 0 Å². The van der Waals surface area contributed by atoms with Gasteiger partial charge in [-0.1, -0.05) is 19.1 Å². The number of nitrogens with zero attached hydrogens (tertiary/aromatic N) is 1. The molecular weight excluding hydrogens is 252 g/mol. The van der Waals surface area contributed by atoms with Gasteiger partial charge in [-0.15, -0.1) is 0 Å². The molecule has 1 aromatic rings. The first-order valence-electron chi connectivity index (χ1n) is 7.43. The minimum Gasteiger partial charge on any atom is -0.497 e. The molecule has 2 unspecified atom stereocenters. The third-order valence-corrected chi connectivity index (χ3v) is 3.88. The molecule has 1 saturated heterocycles. The fourth-order valence-electron chi connectivity index (χ4n) is 2.83. The van der Waals surface area contributed by atoms with Crippen molar-refractivity contribution in [2.24, 2.45) is 0 Å². The van der Waals surface area contributed by atoms with E-state index in [4.69, 9.17) is 9.47 Å². The molecule has 112 valence electrons. The molecule has 1 aromatic carbocycles. The summed E-state index contributed by atoms with van der Waals surface area (Å²) in [5.74, 6) is 0.890. The zero-order valence-corrected chi connectivity index (χ0v) is 12.8. The Morgan fingerprint density at radius 1 is 1.40 bits per heavy atom. The zero-order valence-electron chi connectivity index (χ0n) is 12.8. The molecule has 0 radical (unpaired) electrons. The average Bonchev–Trinajstić information content (AvgIpc) is 2.49. The Morgan fingerprint density at radius 2 is 2.15 bits per heavy atom. The highest BCUT2D eigenvalue weighted by atomic mass is 16.5. The molecule has 1 fully saturated rings. The van der Waals surface area contributed by atoms with E-state index in [0.717, 1.165) is 32.0 Å². The summed E-state index contributed by atoms with van der Waals surface area (Å²) in [5, 5.41) is 3.40. The molecule has 0 bridgehead atoms. The van der Waals surface area contributed by atoms with Crippen molar-refractivity contribution in [1.82, 2.24) is 10.2 Å². The Kier molecular flexibility index (Phi) is 5.83. The van der Waals surface area contributed by atoms with Crippen LogP contribution in [0, 0.1) is 0 Å². The molecule has 0 saturated carbocycles. The van der Waals surface area contributed by atoms with Gasteiger partial charge < -0.3 is 14.8 Å². The van der Waals surface area contributed by atoms with Crippen molar-refractivity contribution in [1.29, 1.82) is 0 Å². The maximum Gasteiger partial charge on any atom is 0.118 e. The summed E-state index contributed by atoms with van der Waals surface area (Å²) in [7, 11) is 3.69. The topological polar surface area (TPSA) is 33.7 Å². The van der Waals surface area contributed by atoms with Crippen LogP contribution in [-0.2, 0) is 4.74 Å². The third-order valence-electron chi connectivity index (χ3n) is 3.88. The van der Waals surface area contributed by atoms with Crippen molar-refractivity contribution in [2.45, 2.75) is 25.5 Å². The summed E-state index contributed by atoms with van der Waals surface area (Å²) in [4.78, 5) is 2.49. The van der Waals surface area contributed by atoms with Crippen LogP contribution in [0.3, 0.4) is 0 Å². The van der Waals surface area contributed by atoms with Gasteiger partial charge in [-0.2, -0.15) is 0 Å². The predicted molar refractivity (Wildman–Crippen MR) is 81.3 cm³/mol. The Hall–Kier alpha value is -1.10. The SMILES string of the molecule is CCCN1CCOC(C(NC)c2ccc(OC)cc2)C1. The van der Waals surface area contributed by atoms with Gasteiger partial charge in [-0.05, 0) is 37.7 Å². The van der Waals surface area contributed by atoms with E-state index in [1.165, 1.54) is 12.0 Å². The van der Waals surface area contributed by atoms with Gasteiger partial charge in [0.05, 0.1) is 25.9 Å². The lowest BCUT2D eigenvalue weighted by atomic mass is 10.00. The van der Waals surface area contributed by atoms with Crippen LogP contribution in [0.2, 0.25) is 0 Å². The van der Waals surface area contributed by atoms with Crippen molar-refractivity contribution in [3.8, 4) is 5.75 Å². The molecule has 1 aliphatic rings. The quantitative estimate of drug-likeness (QED) is 0.863. The summed E-state index contributed by atoms with van der Waals surface area (Å²) in [6.45, 7) is 6.23. The highest BCUT2D eigenvalue weighted by Gasteiger charge is 2.27. The summed E-state index contributed by atoms with van der Waals surface area (Å²) < 4.78 is 11.2. The predicted octanol–water partition coefficient (Wildman–Crippen LogP) is 2.07. The van der Waals surface area contributed by atoms with Crippen LogP contribution in [0.15, 0.2) is 24.3 Å². The van der Waals surface area contributed by atoms with Crippen LogP contribution in [-0.4, -0.2) is 51.4 Å². The minimum absolute atomic E-state index is 0.202.